The molecule has 0 fully saturated rings. The van der Waals surface area contributed by atoms with Gasteiger partial charge in [-0.15, -0.1) is 0 Å². The molecule has 0 aliphatic heterocycles. The van der Waals surface area contributed by atoms with Crippen LogP contribution < -0.4 is 0 Å². The Morgan fingerprint density at radius 2 is 1.95 bits per heavy atom. The van der Waals surface area contributed by atoms with Gasteiger partial charge in [0.05, 0.1) is 6.10 Å². The molecule has 2 atom stereocenters. The third kappa shape index (κ3) is 2.26. The molecule has 0 heterocycles. The van der Waals surface area contributed by atoms with Crippen LogP contribution >= 0.6 is 0 Å². The normalized spacial score (nSPS) is 18.6. The summed E-state index contributed by atoms with van der Waals surface area (Å²) in [5, 5.41) is 10.1. The standard InChI is InChI=1S/C16H14F2O/c17-12-5-6-14(15(18)9-12)16(19)8-11-7-10-3-1-2-4-13(10)11/h1-6,9,11,16,19H,7-8H2. The zero-order chi connectivity index (χ0) is 13.4. The van der Waals surface area contributed by atoms with Gasteiger partial charge in [-0.25, -0.2) is 8.78 Å². The molecule has 1 nitrogen and oxygen atoms in total. The maximum Gasteiger partial charge on any atom is 0.131 e. The van der Waals surface area contributed by atoms with Gasteiger partial charge in [0.1, 0.15) is 11.6 Å². The molecule has 3 heteroatoms. The molecule has 0 radical (unpaired) electrons. The lowest BCUT2D eigenvalue weighted by Gasteiger charge is -2.31. The van der Waals surface area contributed by atoms with Crippen LogP contribution in [0.1, 0.15) is 35.1 Å². The second-order valence-corrected chi connectivity index (χ2v) is 5.02. The largest absolute Gasteiger partial charge is 0.388 e. The Kier molecular flexibility index (Phi) is 3.07. The quantitative estimate of drug-likeness (QED) is 0.891. The second kappa shape index (κ2) is 4.74. The fraction of sp³-hybridized carbons (Fsp3) is 0.250. The Morgan fingerprint density at radius 3 is 2.68 bits per heavy atom. The van der Waals surface area contributed by atoms with Crippen LogP contribution in [0.2, 0.25) is 0 Å². The number of hydrogen-bond donors (Lipinski definition) is 1. The highest BCUT2D eigenvalue weighted by molar-refractivity contribution is 5.40. The highest BCUT2D eigenvalue weighted by atomic mass is 19.1. The molecule has 0 aromatic heterocycles. The fourth-order valence-corrected chi connectivity index (χ4v) is 2.74. The van der Waals surface area contributed by atoms with E-state index in [-0.39, 0.29) is 11.5 Å². The van der Waals surface area contributed by atoms with Crippen molar-refractivity contribution in [1.29, 1.82) is 0 Å². The molecule has 0 spiro atoms. The van der Waals surface area contributed by atoms with Crippen molar-refractivity contribution in [3.8, 4) is 0 Å². The van der Waals surface area contributed by atoms with Crippen molar-refractivity contribution >= 4 is 0 Å². The van der Waals surface area contributed by atoms with Crippen molar-refractivity contribution in [2.75, 3.05) is 0 Å². The van der Waals surface area contributed by atoms with Gasteiger partial charge in [-0.05, 0) is 36.0 Å². The number of halogens is 2. The number of rotatable bonds is 3. The van der Waals surface area contributed by atoms with Crippen LogP contribution in [0.5, 0.6) is 0 Å². The molecular formula is C16H14F2O. The number of fused-ring (bicyclic) bond motifs is 1. The lowest BCUT2D eigenvalue weighted by molar-refractivity contribution is 0.149. The van der Waals surface area contributed by atoms with Crippen molar-refractivity contribution in [1.82, 2.24) is 0 Å². The zero-order valence-electron chi connectivity index (χ0n) is 10.3. The van der Waals surface area contributed by atoms with Crippen LogP contribution in [-0.4, -0.2) is 5.11 Å². The lowest BCUT2D eigenvalue weighted by atomic mass is 9.74. The van der Waals surface area contributed by atoms with Crippen molar-refractivity contribution in [3.63, 3.8) is 0 Å². The third-order valence-corrected chi connectivity index (χ3v) is 3.79. The van der Waals surface area contributed by atoms with E-state index in [2.05, 4.69) is 6.07 Å². The molecule has 2 aromatic carbocycles. The molecule has 0 amide bonds. The van der Waals surface area contributed by atoms with E-state index in [1.165, 1.54) is 23.3 Å². The van der Waals surface area contributed by atoms with Crippen LogP contribution in [0, 0.1) is 11.6 Å². The molecule has 0 saturated carbocycles. The summed E-state index contributed by atoms with van der Waals surface area (Å²) < 4.78 is 26.4. The van der Waals surface area contributed by atoms with E-state index in [0.717, 1.165) is 12.5 Å². The Labute approximate surface area is 110 Å². The summed E-state index contributed by atoms with van der Waals surface area (Å²) >= 11 is 0. The predicted octanol–water partition coefficient (Wildman–Crippen LogP) is 3.73. The number of benzene rings is 2. The van der Waals surface area contributed by atoms with Crippen molar-refractivity contribution < 1.29 is 13.9 Å². The minimum absolute atomic E-state index is 0.172. The molecule has 0 saturated heterocycles. The highest BCUT2D eigenvalue weighted by Gasteiger charge is 2.28. The van der Waals surface area contributed by atoms with E-state index >= 15 is 0 Å². The zero-order valence-corrected chi connectivity index (χ0v) is 10.3. The van der Waals surface area contributed by atoms with Crippen molar-refractivity contribution in [2.24, 2.45) is 0 Å². The summed E-state index contributed by atoms with van der Waals surface area (Å²) in [5.41, 5.74) is 2.69. The van der Waals surface area contributed by atoms with Gasteiger partial charge in [-0.3, -0.25) is 0 Å². The summed E-state index contributed by atoms with van der Waals surface area (Å²) in [4.78, 5) is 0. The maximum atomic E-state index is 13.6. The van der Waals surface area contributed by atoms with Crippen molar-refractivity contribution in [2.45, 2.75) is 24.9 Å². The van der Waals surface area contributed by atoms with E-state index in [1.54, 1.807) is 0 Å². The first kappa shape index (κ1) is 12.3. The summed E-state index contributed by atoms with van der Waals surface area (Å²) in [5.74, 6) is -1.04. The maximum absolute atomic E-state index is 13.6. The van der Waals surface area contributed by atoms with Gasteiger partial charge in [0.15, 0.2) is 0 Å². The van der Waals surface area contributed by atoms with Crippen LogP contribution in [0.25, 0.3) is 0 Å². The fourth-order valence-electron chi connectivity index (χ4n) is 2.74. The smallest absolute Gasteiger partial charge is 0.131 e. The Morgan fingerprint density at radius 1 is 1.16 bits per heavy atom. The number of aliphatic hydroxyl groups is 1. The lowest BCUT2D eigenvalue weighted by Crippen LogP contribution is -2.19. The molecule has 1 N–H and O–H groups in total. The van der Waals surface area contributed by atoms with Gasteiger partial charge in [-0.2, -0.15) is 0 Å². The van der Waals surface area contributed by atoms with Crippen molar-refractivity contribution in [3.05, 3.63) is 70.8 Å². The van der Waals surface area contributed by atoms with E-state index in [4.69, 9.17) is 0 Å². The molecule has 2 aromatic rings. The van der Waals surface area contributed by atoms with Gasteiger partial charge in [0.25, 0.3) is 0 Å². The van der Waals surface area contributed by atoms with Gasteiger partial charge in [-0.1, -0.05) is 30.3 Å². The molecule has 2 unspecified atom stereocenters. The molecule has 0 bridgehead atoms. The second-order valence-electron chi connectivity index (χ2n) is 5.02. The molecule has 1 aliphatic carbocycles. The molecule has 98 valence electrons. The van der Waals surface area contributed by atoms with Crippen LogP contribution in [0.15, 0.2) is 42.5 Å². The summed E-state index contributed by atoms with van der Waals surface area (Å²) in [6, 6.07) is 11.4. The van der Waals surface area contributed by atoms with E-state index in [0.29, 0.717) is 6.42 Å². The Bertz CT molecular complexity index is 609. The van der Waals surface area contributed by atoms with Gasteiger partial charge < -0.3 is 5.11 Å². The molecule has 19 heavy (non-hydrogen) atoms. The third-order valence-electron chi connectivity index (χ3n) is 3.79. The van der Waals surface area contributed by atoms with Crippen LogP contribution in [-0.2, 0) is 6.42 Å². The first-order valence-electron chi connectivity index (χ1n) is 6.36. The number of aliphatic hydroxyl groups excluding tert-OH is 1. The van der Waals surface area contributed by atoms with Gasteiger partial charge in [0, 0.05) is 11.6 Å². The van der Waals surface area contributed by atoms with E-state index in [1.807, 2.05) is 18.2 Å². The molecule has 1 aliphatic rings. The molecule has 3 rings (SSSR count). The summed E-state index contributed by atoms with van der Waals surface area (Å²) in [6.07, 6.45) is 0.495. The Balaban J connectivity index is 1.75. The van der Waals surface area contributed by atoms with E-state index < -0.39 is 17.7 Å². The topological polar surface area (TPSA) is 20.2 Å². The summed E-state index contributed by atoms with van der Waals surface area (Å²) in [6.45, 7) is 0. The first-order valence-corrected chi connectivity index (χ1v) is 6.36. The minimum atomic E-state index is -0.890. The first-order chi connectivity index (χ1) is 9.15. The monoisotopic (exact) mass is 260 g/mol. The predicted molar refractivity (Wildman–Crippen MR) is 68.8 cm³/mol. The average Bonchev–Trinajstić information content (AvgIpc) is 2.35. The SMILES string of the molecule is OC(CC1Cc2ccccc21)c1ccc(F)cc1F. The van der Waals surface area contributed by atoms with Crippen LogP contribution in [0.4, 0.5) is 8.78 Å². The number of hydrogen-bond acceptors (Lipinski definition) is 1. The van der Waals surface area contributed by atoms with Gasteiger partial charge in [0.2, 0.25) is 0 Å². The van der Waals surface area contributed by atoms with Crippen LogP contribution in [0.3, 0.4) is 0 Å². The average molecular weight is 260 g/mol. The summed E-state index contributed by atoms with van der Waals surface area (Å²) in [7, 11) is 0. The van der Waals surface area contributed by atoms with E-state index in [9.17, 15) is 13.9 Å². The molecular weight excluding hydrogens is 246 g/mol. The Hall–Kier alpha value is -1.74. The minimum Gasteiger partial charge on any atom is -0.388 e. The van der Waals surface area contributed by atoms with Gasteiger partial charge >= 0.3 is 0 Å². The highest BCUT2D eigenvalue weighted by Crippen LogP contribution is 2.40.